The molecular formula is C17H22OSi. The normalized spacial score (nSPS) is 12.6. The predicted molar refractivity (Wildman–Crippen MR) is 87.3 cm³/mol. The van der Waals surface area contributed by atoms with Crippen LogP contribution in [0.4, 0.5) is 0 Å². The number of allylic oxidation sites excluding steroid dienone is 5. The molecule has 0 bridgehead atoms. The maximum Gasteiger partial charge on any atom is 0.242 e. The lowest BCUT2D eigenvalue weighted by Crippen LogP contribution is -2.23. The molecule has 0 N–H and O–H groups in total. The Hall–Kier alpha value is -1.80. The lowest BCUT2D eigenvalue weighted by Gasteiger charge is -2.18. The van der Waals surface area contributed by atoms with Crippen LogP contribution in [0, 0.1) is 0 Å². The summed E-state index contributed by atoms with van der Waals surface area (Å²) in [6, 6.07) is 10.2. The average molecular weight is 270 g/mol. The molecule has 0 saturated carbocycles. The Labute approximate surface area is 117 Å². The first-order chi connectivity index (χ1) is 8.97. The molecule has 0 aliphatic heterocycles. The average Bonchev–Trinajstić information content (AvgIpc) is 2.32. The van der Waals surface area contributed by atoms with Gasteiger partial charge in [0.1, 0.15) is 0 Å². The van der Waals surface area contributed by atoms with E-state index in [0.717, 1.165) is 5.76 Å². The first kappa shape index (κ1) is 15.3. The van der Waals surface area contributed by atoms with Crippen molar-refractivity contribution < 1.29 is 4.43 Å². The number of hydrogen-bond acceptors (Lipinski definition) is 1. The first-order valence-electron chi connectivity index (χ1n) is 6.42. The summed E-state index contributed by atoms with van der Waals surface area (Å²) in [6.45, 7) is 10.3. The van der Waals surface area contributed by atoms with Crippen LogP contribution in [0.1, 0.15) is 5.56 Å². The minimum atomic E-state index is -1.53. The van der Waals surface area contributed by atoms with Crippen molar-refractivity contribution in [2.45, 2.75) is 19.6 Å². The standard InChI is InChI=1S/C17H22OSi/c1-16(18-19(2,3)4)12-8-5-6-9-13-17-14-10-7-11-15-17/h5-15H,1H2,2-4H3/b6-5+,12-8+,13-9+. The highest BCUT2D eigenvalue weighted by molar-refractivity contribution is 6.70. The lowest BCUT2D eigenvalue weighted by molar-refractivity contribution is 0.444. The SMILES string of the molecule is C=C(/C=C/C=C/C=C/c1ccccc1)O[Si](C)(C)C. The quantitative estimate of drug-likeness (QED) is 0.393. The zero-order chi connectivity index (χ0) is 14.1. The molecule has 0 atom stereocenters. The number of benzene rings is 1. The van der Waals surface area contributed by atoms with Crippen LogP contribution in [-0.4, -0.2) is 8.32 Å². The van der Waals surface area contributed by atoms with Gasteiger partial charge in [0.25, 0.3) is 0 Å². The summed E-state index contributed by atoms with van der Waals surface area (Å²) in [6.07, 6.45) is 11.9. The molecule has 1 nitrogen and oxygen atoms in total. The maximum absolute atomic E-state index is 5.72. The van der Waals surface area contributed by atoms with Crippen LogP contribution in [0.2, 0.25) is 19.6 Å². The van der Waals surface area contributed by atoms with Crippen molar-refractivity contribution in [1.29, 1.82) is 0 Å². The zero-order valence-electron chi connectivity index (χ0n) is 12.0. The second kappa shape index (κ2) is 7.59. The summed E-state index contributed by atoms with van der Waals surface area (Å²) in [7, 11) is -1.53. The molecule has 1 rings (SSSR count). The third kappa shape index (κ3) is 8.00. The van der Waals surface area contributed by atoms with Crippen molar-refractivity contribution in [2.24, 2.45) is 0 Å². The fraction of sp³-hybridized carbons (Fsp3) is 0.176. The van der Waals surface area contributed by atoms with E-state index in [0.29, 0.717) is 0 Å². The Kier molecular flexibility index (Phi) is 6.10. The van der Waals surface area contributed by atoms with Gasteiger partial charge >= 0.3 is 0 Å². The molecule has 100 valence electrons. The smallest absolute Gasteiger partial charge is 0.242 e. The van der Waals surface area contributed by atoms with E-state index < -0.39 is 8.32 Å². The van der Waals surface area contributed by atoms with Crippen molar-refractivity contribution in [3.05, 3.63) is 78.6 Å². The maximum atomic E-state index is 5.72. The van der Waals surface area contributed by atoms with Gasteiger partial charge in [0.15, 0.2) is 0 Å². The molecule has 0 saturated heterocycles. The van der Waals surface area contributed by atoms with E-state index in [1.165, 1.54) is 5.56 Å². The van der Waals surface area contributed by atoms with Crippen LogP contribution in [0.5, 0.6) is 0 Å². The van der Waals surface area contributed by atoms with Crippen LogP contribution >= 0.6 is 0 Å². The summed E-state index contributed by atoms with van der Waals surface area (Å²) < 4.78 is 5.72. The van der Waals surface area contributed by atoms with E-state index in [1.54, 1.807) is 0 Å². The third-order valence-electron chi connectivity index (χ3n) is 2.14. The van der Waals surface area contributed by atoms with Gasteiger partial charge in [0.05, 0.1) is 5.76 Å². The van der Waals surface area contributed by atoms with Crippen LogP contribution in [0.15, 0.2) is 73.1 Å². The van der Waals surface area contributed by atoms with Crippen LogP contribution < -0.4 is 0 Å². The second-order valence-electron chi connectivity index (χ2n) is 5.19. The summed E-state index contributed by atoms with van der Waals surface area (Å²) in [5.74, 6) is 0.732. The highest BCUT2D eigenvalue weighted by Crippen LogP contribution is 2.09. The molecule has 0 aromatic heterocycles. The van der Waals surface area contributed by atoms with Crippen LogP contribution in [0.3, 0.4) is 0 Å². The molecule has 0 heterocycles. The Morgan fingerprint density at radius 1 is 1.00 bits per heavy atom. The van der Waals surface area contributed by atoms with Crippen molar-refractivity contribution in [3.8, 4) is 0 Å². The largest absolute Gasteiger partial charge is 0.545 e. The Bertz CT molecular complexity index is 476. The fourth-order valence-electron chi connectivity index (χ4n) is 1.45. The Morgan fingerprint density at radius 2 is 1.63 bits per heavy atom. The van der Waals surface area contributed by atoms with E-state index >= 15 is 0 Å². The van der Waals surface area contributed by atoms with E-state index in [1.807, 2.05) is 48.6 Å². The van der Waals surface area contributed by atoms with Crippen LogP contribution in [0.25, 0.3) is 6.08 Å². The Balaban J connectivity index is 2.38. The monoisotopic (exact) mass is 270 g/mol. The number of rotatable bonds is 6. The van der Waals surface area contributed by atoms with Crippen molar-refractivity contribution >= 4 is 14.4 Å². The van der Waals surface area contributed by atoms with Gasteiger partial charge in [-0.05, 0) is 31.3 Å². The van der Waals surface area contributed by atoms with Gasteiger partial charge in [-0.1, -0.05) is 67.3 Å². The van der Waals surface area contributed by atoms with Gasteiger partial charge < -0.3 is 4.43 Å². The summed E-state index contributed by atoms with van der Waals surface area (Å²) >= 11 is 0. The molecule has 1 aromatic rings. The predicted octanol–water partition coefficient (Wildman–Crippen LogP) is 5.18. The zero-order valence-corrected chi connectivity index (χ0v) is 13.0. The summed E-state index contributed by atoms with van der Waals surface area (Å²) in [5, 5.41) is 0. The van der Waals surface area contributed by atoms with Crippen LogP contribution in [-0.2, 0) is 4.43 Å². The highest BCUT2D eigenvalue weighted by Gasteiger charge is 2.15. The van der Waals surface area contributed by atoms with Crippen molar-refractivity contribution in [2.75, 3.05) is 0 Å². The topological polar surface area (TPSA) is 9.23 Å². The first-order valence-corrected chi connectivity index (χ1v) is 9.82. The third-order valence-corrected chi connectivity index (χ3v) is 3.02. The van der Waals surface area contributed by atoms with Gasteiger partial charge in [-0.15, -0.1) is 0 Å². The van der Waals surface area contributed by atoms with E-state index in [4.69, 9.17) is 4.43 Å². The molecule has 0 fully saturated rings. The van der Waals surface area contributed by atoms with Gasteiger partial charge in [-0.2, -0.15) is 0 Å². The molecule has 0 unspecified atom stereocenters. The van der Waals surface area contributed by atoms with Crippen molar-refractivity contribution in [3.63, 3.8) is 0 Å². The fourth-order valence-corrected chi connectivity index (χ4v) is 2.30. The van der Waals surface area contributed by atoms with Gasteiger partial charge in [-0.3, -0.25) is 0 Å². The highest BCUT2D eigenvalue weighted by atomic mass is 28.4. The molecule has 2 heteroatoms. The van der Waals surface area contributed by atoms with Gasteiger partial charge in [0, 0.05) is 0 Å². The molecule has 19 heavy (non-hydrogen) atoms. The van der Waals surface area contributed by atoms with Gasteiger partial charge in [-0.25, -0.2) is 0 Å². The van der Waals surface area contributed by atoms with Crippen molar-refractivity contribution in [1.82, 2.24) is 0 Å². The van der Waals surface area contributed by atoms with Gasteiger partial charge in [0.2, 0.25) is 8.32 Å². The molecule has 0 amide bonds. The van der Waals surface area contributed by atoms with E-state index in [-0.39, 0.29) is 0 Å². The van der Waals surface area contributed by atoms with E-state index in [9.17, 15) is 0 Å². The minimum absolute atomic E-state index is 0.732. The Morgan fingerprint density at radius 3 is 2.26 bits per heavy atom. The molecular weight excluding hydrogens is 248 g/mol. The second-order valence-corrected chi connectivity index (χ2v) is 9.62. The molecule has 0 spiro atoms. The lowest BCUT2D eigenvalue weighted by atomic mass is 10.2. The summed E-state index contributed by atoms with van der Waals surface area (Å²) in [4.78, 5) is 0. The number of hydrogen-bond donors (Lipinski definition) is 0. The molecule has 0 radical (unpaired) electrons. The van der Waals surface area contributed by atoms with E-state index in [2.05, 4.69) is 44.4 Å². The molecule has 0 aliphatic rings. The molecule has 0 aliphatic carbocycles. The minimum Gasteiger partial charge on any atom is -0.545 e. The summed E-state index contributed by atoms with van der Waals surface area (Å²) in [5.41, 5.74) is 1.20. The molecule has 1 aromatic carbocycles.